The summed E-state index contributed by atoms with van der Waals surface area (Å²) in [4.78, 5) is 0. The standard InChI is InChI=1S/C19H18/c1-3-6-17-9-11-18(12-10-17)13-14-19-8-5-7-16(4-2)15-19/h4-5,7-12,15H,2-3,6H2,1H3. The van der Waals surface area contributed by atoms with Crippen LogP contribution < -0.4 is 0 Å². The van der Waals surface area contributed by atoms with Gasteiger partial charge in [-0.05, 0) is 41.8 Å². The Balaban J connectivity index is 2.16. The van der Waals surface area contributed by atoms with E-state index in [4.69, 9.17) is 0 Å². The zero-order valence-electron chi connectivity index (χ0n) is 11.3. The highest BCUT2D eigenvalue weighted by Crippen LogP contribution is 2.07. The molecule has 2 rings (SSSR count). The Morgan fingerprint density at radius 2 is 1.74 bits per heavy atom. The minimum atomic E-state index is 1.02. The van der Waals surface area contributed by atoms with Crippen molar-refractivity contribution < 1.29 is 0 Å². The van der Waals surface area contributed by atoms with E-state index in [9.17, 15) is 0 Å². The summed E-state index contributed by atoms with van der Waals surface area (Å²) in [6, 6.07) is 16.6. The molecular formula is C19H18. The molecule has 0 heteroatoms. The van der Waals surface area contributed by atoms with E-state index in [-0.39, 0.29) is 0 Å². The van der Waals surface area contributed by atoms with Crippen LogP contribution in [0.3, 0.4) is 0 Å². The third kappa shape index (κ3) is 3.86. The molecule has 0 N–H and O–H groups in total. The van der Waals surface area contributed by atoms with Gasteiger partial charge in [-0.15, -0.1) is 0 Å². The lowest BCUT2D eigenvalue weighted by atomic mass is 10.1. The van der Waals surface area contributed by atoms with Gasteiger partial charge in [-0.3, -0.25) is 0 Å². The van der Waals surface area contributed by atoms with Crippen LogP contribution in [0.2, 0.25) is 0 Å². The number of benzene rings is 2. The summed E-state index contributed by atoms with van der Waals surface area (Å²) in [5.41, 5.74) is 4.56. The summed E-state index contributed by atoms with van der Waals surface area (Å²) in [7, 11) is 0. The first-order valence-electron chi connectivity index (χ1n) is 6.65. The SMILES string of the molecule is C=Cc1cccc(C#Cc2ccc(CCC)cc2)c1. The van der Waals surface area contributed by atoms with Gasteiger partial charge in [0.15, 0.2) is 0 Å². The van der Waals surface area contributed by atoms with Gasteiger partial charge in [0.05, 0.1) is 0 Å². The van der Waals surface area contributed by atoms with Crippen molar-refractivity contribution in [2.45, 2.75) is 19.8 Å². The van der Waals surface area contributed by atoms with E-state index >= 15 is 0 Å². The van der Waals surface area contributed by atoms with Crippen LogP contribution in [-0.4, -0.2) is 0 Å². The second kappa shape index (κ2) is 6.61. The predicted molar refractivity (Wildman–Crippen MR) is 83.0 cm³/mol. The predicted octanol–water partition coefficient (Wildman–Crippen LogP) is 4.68. The van der Waals surface area contributed by atoms with Crippen molar-refractivity contribution in [1.29, 1.82) is 0 Å². The number of hydrogen-bond acceptors (Lipinski definition) is 0. The van der Waals surface area contributed by atoms with E-state index in [1.807, 2.05) is 30.3 Å². The summed E-state index contributed by atoms with van der Waals surface area (Å²) >= 11 is 0. The lowest BCUT2D eigenvalue weighted by molar-refractivity contribution is 0.922. The summed E-state index contributed by atoms with van der Waals surface area (Å²) in [6.45, 7) is 5.96. The van der Waals surface area contributed by atoms with Gasteiger partial charge in [0.1, 0.15) is 0 Å². The molecule has 0 saturated heterocycles. The van der Waals surface area contributed by atoms with E-state index in [2.05, 4.69) is 49.6 Å². The minimum absolute atomic E-state index is 1.02. The quantitative estimate of drug-likeness (QED) is 0.690. The van der Waals surface area contributed by atoms with Gasteiger partial charge in [-0.2, -0.15) is 0 Å². The van der Waals surface area contributed by atoms with Crippen LogP contribution >= 0.6 is 0 Å². The lowest BCUT2D eigenvalue weighted by Crippen LogP contribution is -1.83. The van der Waals surface area contributed by atoms with Crippen LogP contribution in [0.1, 0.15) is 35.6 Å². The van der Waals surface area contributed by atoms with Crippen LogP contribution in [0.25, 0.3) is 6.08 Å². The average molecular weight is 246 g/mol. The van der Waals surface area contributed by atoms with Crippen molar-refractivity contribution in [3.05, 3.63) is 77.4 Å². The van der Waals surface area contributed by atoms with Crippen molar-refractivity contribution in [3.8, 4) is 11.8 Å². The van der Waals surface area contributed by atoms with Crippen LogP contribution in [0.5, 0.6) is 0 Å². The Labute approximate surface area is 115 Å². The highest BCUT2D eigenvalue weighted by Gasteiger charge is 1.92. The maximum atomic E-state index is 3.77. The van der Waals surface area contributed by atoms with Gasteiger partial charge >= 0.3 is 0 Å². The summed E-state index contributed by atoms with van der Waals surface area (Å²) in [6.07, 6.45) is 4.15. The summed E-state index contributed by atoms with van der Waals surface area (Å²) in [5, 5.41) is 0. The Morgan fingerprint density at radius 1 is 1.00 bits per heavy atom. The largest absolute Gasteiger partial charge is 0.0985 e. The van der Waals surface area contributed by atoms with Crippen molar-refractivity contribution >= 4 is 6.08 Å². The van der Waals surface area contributed by atoms with Gasteiger partial charge in [0.25, 0.3) is 0 Å². The second-order valence-corrected chi connectivity index (χ2v) is 4.53. The molecule has 0 aliphatic rings. The van der Waals surface area contributed by atoms with Crippen molar-refractivity contribution in [1.82, 2.24) is 0 Å². The maximum absolute atomic E-state index is 3.77. The molecule has 0 heterocycles. The van der Waals surface area contributed by atoms with Crippen LogP contribution in [0, 0.1) is 11.8 Å². The summed E-state index contributed by atoms with van der Waals surface area (Å²) < 4.78 is 0. The molecule has 0 atom stereocenters. The van der Waals surface area contributed by atoms with Gasteiger partial charge in [0, 0.05) is 11.1 Å². The molecule has 94 valence electrons. The molecule has 2 aromatic carbocycles. The molecular weight excluding hydrogens is 228 g/mol. The van der Waals surface area contributed by atoms with Crippen molar-refractivity contribution in [2.75, 3.05) is 0 Å². The fourth-order valence-electron chi connectivity index (χ4n) is 1.93. The molecule has 0 fully saturated rings. The fraction of sp³-hybridized carbons (Fsp3) is 0.158. The summed E-state index contributed by atoms with van der Waals surface area (Å²) in [5.74, 6) is 6.39. The Morgan fingerprint density at radius 3 is 2.42 bits per heavy atom. The molecule has 0 saturated carbocycles. The number of aryl methyl sites for hydroxylation is 1. The van der Waals surface area contributed by atoms with Crippen molar-refractivity contribution in [3.63, 3.8) is 0 Å². The average Bonchev–Trinajstić information content (AvgIpc) is 2.47. The third-order valence-electron chi connectivity index (χ3n) is 2.97. The molecule has 0 unspecified atom stereocenters. The van der Waals surface area contributed by atoms with Crippen LogP contribution in [0.4, 0.5) is 0 Å². The lowest BCUT2D eigenvalue weighted by Gasteiger charge is -1.97. The fourth-order valence-corrected chi connectivity index (χ4v) is 1.93. The van der Waals surface area contributed by atoms with Gasteiger partial charge in [-0.25, -0.2) is 0 Å². The molecule has 2 aromatic rings. The molecule has 0 spiro atoms. The number of rotatable bonds is 3. The van der Waals surface area contributed by atoms with Gasteiger partial charge in [0.2, 0.25) is 0 Å². The van der Waals surface area contributed by atoms with E-state index in [0.717, 1.165) is 23.1 Å². The zero-order chi connectivity index (χ0) is 13.5. The second-order valence-electron chi connectivity index (χ2n) is 4.53. The third-order valence-corrected chi connectivity index (χ3v) is 2.97. The molecule has 0 aromatic heterocycles. The highest BCUT2D eigenvalue weighted by atomic mass is 14.0. The van der Waals surface area contributed by atoms with Crippen LogP contribution in [-0.2, 0) is 6.42 Å². The maximum Gasteiger partial charge on any atom is 0.0254 e. The molecule has 19 heavy (non-hydrogen) atoms. The first-order chi connectivity index (χ1) is 9.31. The van der Waals surface area contributed by atoms with Gasteiger partial charge in [-0.1, -0.05) is 62.1 Å². The highest BCUT2D eigenvalue weighted by molar-refractivity contribution is 5.52. The zero-order valence-corrected chi connectivity index (χ0v) is 11.3. The topological polar surface area (TPSA) is 0 Å². The van der Waals surface area contributed by atoms with E-state index in [1.54, 1.807) is 0 Å². The molecule has 0 nitrogen and oxygen atoms in total. The Bertz CT molecular complexity index is 606. The minimum Gasteiger partial charge on any atom is -0.0985 e. The smallest absolute Gasteiger partial charge is 0.0254 e. The Kier molecular flexibility index (Phi) is 4.59. The molecule has 0 aliphatic heterocycles. The first kappa shape index (κ1) is 13.2. The van der Waals surface area contributed by atoms with Crippen LogP contribution in [0.15, 0.2) is 55.1 Å². The monoisotopic (exact) mass is 246 g/mol. The normalized spacial score (nSPS) is 9.53. The molecule has 0 radical (unpaired) electrons. The van der Waals surface area contributed by atoms with E-state index < -0.39 is 0 Å². The van der Waals surface area contributed by atoms with E-state index in [1.165, 1.54) is 12.0 Å². The number of hydrogen-bond donors (Lipinski definition) is 0. The molecule has 0 aliphatic carbocycles. The Hall–Kier alpha value is -2.26. The van der Waals surface area contributed by atoms with Gasteiger partial charge < -0.3 is 0 Å². The molecule has 0 amide bonds. The van der Waals surface area contributed by atoms with E-state index in [0.29, 0.717) is 0 Å². The first-order valence-corrected chi connectivity index (χ1v) is 6.65. The van der Waals surface area contributed by atoms with Crippen molar-refractivity contribution in [2.24, 2.45) is 0 Å². The molecule has 0 bridgehead atoms.